The zero-order valence-electron chi connectivity index (χ0n) is 11.8. The largest absolute Gasteiger partial charge is 0.396 e. The van der Waals surface area contributed by atoms with Gasteiger partial charge in [-0.1, -0.05) is 13.8 Å². The predicted molar refractivity (Wildman–Crippen MR) is 76.0 cm³/mol. The minimum atomic E-state index is 0.300. The summed E-state index contributed by atoms with van der Waals surface area (Å²) in [5, 5.41) is 12.5. The number of nitrogens with zero attached hydrogens (tertiary/aromatic N) is 3. The Labute approximate surface area is 115 Å². The van der Waals surface area contributed by atoms with Gasteiger partial charge >= 0.3 is 0 Å². The molecule has 0 spiro atoms. The minimum absolute atomic E-state index is 0.300. The van der Waals surface area contributed by atoms with Gasteiger partial charge in [0.2, 0.25) is 5.95 Å². The molecule has 1 saturated heterocycles. The summed E-state index contributed by atoms with van der Waals surface area (Å²) in [7, 11) is 0. The van der Waals surface area contributed by atoms with E-state index >= 15 is 0 Å². The number of hydrogen-bond donors (Lipinski definition) is 2. The summed E-state index contributed by atoms with van der Waals surface area (Å²) in [6.45, 7) is 7.24. The van der Waals surface area contributed by atoms with E-state index in [1.165, 1.54) is 0 Å². The predicted octanol–water partition coefficient (Wildman–Crippen LogP) is 1.18. The van der Waals surface area contributed by atoms with Gasteiger partial charge in [-0.2, -0.15) is 0 Å². The lowest BCUT2D eigenvalue weighted by molar-refractivity contribution is 0.202. The summed E-state index contributed by atoms with van der Waals surface area (Å²) >= 11 is 0. The van der Waals surface area contributed by atoms with E-state index < -0.39 is 0 Å². The van der Waals surface area contributed by atoms with Gasteiger partial charge in [-0.15, -0.1) is 0 Å². The van der Waals surface area contributed by atoms with Crippen molar-refractivity contribution >= 4 is 5.95 Å². The molecule has 0 atom stereocenters. The number of rotatable bonds is 5. The van der Waals surface area contributed by atoms with Gasteiger partial charge in [-0.3, -0.25) is 0 Å². The van der Waals surface area contributed by atoms with E-state index in [1.54, 1.807) is 0 Å². The molecule has 0 aromatic carbocycles. The van der Waals surface area contributed by atoms with Crippen LogP contribution < -0.4 is 10.2 Å². The van der Waals surface area contributed by atoms with Gasteiger partial charge in [0.15, 0.2) is 0 Å². The summed E-state index contributed by atoms with van der Waals surface area (Å²) in [6.07, 6.45) is 5.85. The summed E-state index contributed by atoms with van der Waals surface area (Å²) < 4.78 is 0. The van der Waals surface area contributed by atoms with Crippen molar-refractivity contribution in [1.82, 2.24) is 15.3 Å². The Balaban J connectivity index is 1.88. The van der Waals surface area contributed by atoms with Gasteiger partial charge in [-0.05, 0) is 18.8 Å². The monoisotopic (exact) mass is 264 g/mol. The van der Waals surface area contributed by atoms with Gasteiger partial charge in [0.05, 0.1) is 0 Å². The third-order valence-corrected chi connectivity index (χ3v) is 3.56. The summed E-state index contributed by atoms with van der Waals surface area (Å²) in [6, 6.07) is 0.470. The van der Waals surface area contributed by atoms with Crippen LogP contribution in [0.5, 0.6) is 0 Å². The average molecular weight is 264 g/mol. The molecule has 1 aromatic heterocycles. The summed E-state index contributed by atoms with van der Waals surface area (Å²) in [4.78, 5) is 11.1. The number of aliphatic hydroxyl groups is 1. The van der Waals surface area contributed by atoms with E-state index in [-0.39, 0.29) is 0 Å². The molecule has 5 heteroatoms. The van der Waals surface area contributed by atoms with Crippen LogP contribution in [-0.4, -0.2) is 40.8 Å². The van der Waals surface area contributed by atoms with Crippen LogP contribution in [0.1, 0.15) is 32.3 Å². The molecule has 1 aromatic rings. The highest BCUT2D eigenvalue weighted by atomic mass is 16.3. The third-order valence-electron chi connectivity index (χ3n) is 3.56. The molecule has 5 nitrogen and oxygen atoms in total. The SMILES string of the molecule is CC(C)NCc1cnc(N2CCC(CO)CC2)nc1. The minimum Gasteiger partial charge on any atom is -0.396 e. The van der Waals surface area contributed by atoms with E-state index in [2.05, 4.69) is 34.0 Å². The highest BCUT2D eigenvalue weighted by Crippen LogP contribution is 2.19. The molecule has 106 valence electrons. The van der Waals surface area contributed by atoms with E-state index in [0.29, 0.717) is 18.6 Å². The molecule has 2 rings (SSSR count). The van der Waals surface area contributed by atoms with E-state index in [0.717, 1.165) is 44.0 Å². The normalized spacial score (nSPS) is 17.2. The van der Waals surface area contributed by atoms with Crippen LogP contribution in [0.25, 0.3) is 0 Å². The Bertz CT molecular complexity index is 372. The molecule has 2 N–H and O–H groups in total. The molecule has 0 bridgehead atoms. The van der Waals surface area contributed by atoms with Crippen LogP contribution in [-0.2, 0) is 6.54 Å². The van der Waals surface area contributed by atoms with Crippen LogP contribution in [0.3, 0.4) is 0 Å². The van der Waals surface area contributed by atoms with E-state index in [9.17, 15) is 0 Å². The summed E-state index contributed by atoms with van der Waals surface area (Å²) in [5.41, 5.74) is 1.11. The maximum Gasteiger partial charge on any atom is 0.225 e. The Morgan fingerprint density at radius 2 is 1.95 bits per heavy atom. The molecule has 0 aliphatic carbocycles. The molecule has 0 saturated carbocycles. The number of piperidine rings is 1. The van der Waals surface area contributed by atoms with Crippen LogP contribution in [0, 0.1) is 5.92 Å². The van der Waals surface area contributed by atoms with E-state index in [1.807, 2.05) is 12.4 Å². The maximum atomic E-state index is 9.13. The van der Waals surface area contributed by atoms with Crippen molar-refractivity contribution in [3.05, 3.63) is 18.0 Å². The average Bonchev–Trinajstić information content (AvgIpc) is 2.46. The highest BCUT2D eigenvalue weighted by molar-refractivity contribution is 5.30. The molecule has 1 aliphatic heterocycles. The van der Waals surface area contributed by atoms with Crippen molar-refractivity contribution in [2.45, 2.75) is 39.3 Å². The Morgan fingerprint density at radius 3 is 2.47 bits per heavy atom. The van der Waals surface area contributed by atoms with Crippen molar-refractivity contribution in [3.8, 4) is 0 Å². The lowest BCUT2D eigenvalue weighted by Crippen LogP contribution is -2.35. The van der Waals surface area contributed by atoms with Gasteiger partial charge < -0.3 is 15.3 Å². The fourth-order valence-electron chi connectivity index (χ4n) is 2.24. The van der Waals surface area contributed by atoms with Crippen LogP contribution in [0.15, 0.2) is 12.4 Å². The second-order valence-electron chi connectivity index (χ2n) is 5.54. The number of nitrogens with one attached hydrogen (secondary N) is 1. The Morgan fingerprint density at radius 1 is 1.32 bits per heavy atom. The van der Waals surface area contributed by atoms with Gasteiger partial charge in [-0.25, -0.2) is 9.97 Å². The number of hydrogen-bond acceptors (Lipinski definition) is 5. The fourth-order valence-corrected chi connectivity index (χ4v) is 2.24. The molecule has 1 aliphatic rings. The van der Waals surface area contributed by atoms with Gasteiger partial charge in [0, 0.05) is 50.2 Å². The quantitative estimate of drug-likeness (QED) is 0.836. The zero-order chi connectivity index (χ0) is 13.7. The first kappa shape index (κ1) is 14.2. The third kappa shape index (κ3) is 4.14. The van der Waals surface area contributed by atoms with Crippen molar-refractivity contribution < 1.29 is 5.11 Å². The lowest BCUT2D eigenvalue weighted by atomic mass is 9.98. The topological polar surface area (TPSA) is 61.3 Å². The molecular formula is C14H24N4O. The second-order valence-corrected chi connectivity index (χ2v) is 5.54. The van der Waals surface area contributed by atoms with Gasteiger partial charge in [0.25, 0.3) is 0 Å². The Hall–Kier alpha value is -1.20. The first-order chi connectivity index (χ1) is 9.19. The van der Waals surface area contributed by atoms with Crippen LogP contribution in [0.4, 0.5) is 5.95 Å². The standard InChI is InChI=1S/C14H24N4O/c1-11(2)15-7-13-8-16-14(17-9-13)18-5-3-12(10-19)4-6-18/h8-9,11-12,15,19H,3-7,10H2,1-2H3. The molecule has 19 heavy (non-hydrogen) atoms. The van der Waals surface area contributed by atoms with Crippen molar-refractivity contribution in [2.24, 2.45) is 5.92 Å². The maximum absolute atomic E-state index is 9.13. The molecule has 2 heterocycles. The second kappa shape index (κ2) is 6.82. The molecule has 1 fully saturated rings. The highest BCUT2D eigenvalue weighted by Gasteiger charge is 2.20. The molecule has 0 radical (unpaired) electrons. The molecule has 0 amide bonds. The first-order valence-corrected chi connectivity index (χ1v) is 7.09. The van der Waals surface area contributed by atoms with E-state index in [4.69, 9.17) is 5.11 Å². The summed E-state index contributed by atoms with van der Waals surface area (Å²) in [5.74, 6) is 1.26. The van der Waals surface area contributed by atoms with Crippen molar-refractivity contribution in [2.75, 3.05) is 24.6 Å². The number of anilines is 1. The number of aromatic nitrogens is 2. The zero-order valence-corrected chi connectivity index (χ0v) is 11.8. The van der Waals surface area contributed by atoms with Crippen molar-refractivity contribution in [3.63, 3.8) is 0 Å². The first-order valence-electron chi connectivity index (χ1n) is 7.09. The smallest absolute Gasteiger partial charge is 0.225 e. The van der Waals surface area contributed by atoms with Crippen LogP contribution in [0.2, 0.25) is 0 Å². The number of aliphatic hydroxyl groups excluding tert-OH is 1. The fraction of sp³-hybridized carbons (Fsp3) is 0.714. The lowest BCUT2D eigenvalue weighted by Gasteiger charge is -2.31. The molecular weight excluding hydrogens is 240 g/mol. The van der Waals surface area contributed by atoms with Gasteiger partial charge in [0.1, 0.15) is 0 Å². The Kier molecular flexibility index (Phi) is 5.10. The van der Waals surface area contributed by atoms with Crippen molar-refractivity contribution in [1.29, 1.82) is 0 Å². The molecule has 0 unspecified atom stereocenters. The van der Waals surface area contributed by atoms with Crippen LogP contribution >= 0.6 is 0 Å².